The minimum Gasteiger partial charge on any atom is -0.488 e. The molecule has 2 rings (SSSR count). The number of rotatable bonds is 6. The van der Waals surface area contributed by atoms with Crippen LogP contribution in [0.4, 0.5) is 0 Å². The van der Waals surface area contributed by atoms with Crippen molar-refractivity contribution < 1.29 is 17.9 Å². The van der Waals surface area contributed by atoms with Crippen molar-refractivity contribution in [2.24, 2.45) is 0 Å². The first-order valence-corrected chi connectivity index (χ1v) is 8.60. The zero-order valence-corrected chi connectivity index (χ0v) is 12.8. The Hall–Kier alpha value is -1.11. The molecule has 1 aromatic carbocycles. The van der Waals surface area contributed by atoms with Crippen molar-refractivity contribution in [1.82, 2.24) is 5.32 Å². The average Bonchev–Trinajstić information content (AvgIpc) is 2.40. The van der Waals surface area contributed by atoms with Gasteiger partial charge in [0.05, 0.1) is 4.90 Å². The van der Waals surface area contributed by atoms with E-state index in [9.17, 15) is 8.42 Å². The van der Waals surface area contributed by atoms with Gasteiger partial charge in [0, 0.05) is 25.3 Å². The largest absolute Gasteiger partial charge is 0.488 e. The topological polar surface area (TPSA) is 64.6 Å². The maximum absolute atomic E-state index is 11.5. The smallest absolute Gasteiger partial charge is 0.175 e. The van der Waals surface area contributed by atoms with E-state index in [1.165, 1.54) is 6.26 Å². The molecule has 0 heterocycles. The van der Waals surface area contributed by atoms with Gasteiger partial charge in [-0.1, -0.05) is 6.07 Å². The van der Waals surface area contributed by atoms with Gasteiger partial charge in [-0.25, -0.2) is 8.42 Å². The fourth-order valence-corrected chi connectivity index (χ4v) is 3.00. The molecule has 0 saturated heterocycles. The first-order valence-electron chi connectivity index (χ1n) is 6.71. The summed E-state index contributed by atoms with van der Waals surface area (Å²) >= 11 is 0. The van der Waals surface area contributed by atoms with Crippen LogP contribution in [0.1, 0.15) is 13.3 Å². The monoisotopic (exact) mass is 299 g/mol. The molecular weight excluding hydrogens is 278 g/mol. The van der Waals surface area contributed by atoms with Crippen molar-refractivity contribution in [2.75, 3.05) is 19.9 Å². The molecule has 1 aliphatic rings. The van der Waals surface area contributed by atoms with Crippen LogP contribution in [0.3, 0.4) is 0 Å². The summed E-state index contributed by atoms with van der Waals surface area (Å²) in [5, 5.41) is 3.19. The van der Waals surface area contributed by atoms with Crippen LogP contribution in [0.5, 0.6) is 5.75 Å². The number of likely N-dealkylation sites (N-methyl/N-ethyl adjacent to an activating group) is 1. The molecule has 5 nitrogen and oxygen atoms in total. The Kier molecular flexibility index (Phi) is 4.67. The van der Waals surface area contributed by atoms with Crippen LogP contribution in [0, 0.1) is 0 Å². The number of nitrogens with one attached hydrogen (secondary N) is 1. The van der Waals surface area contributed by atoms with E-state index in [0.29, 0.717) is 12.4 Å². The molecule has 1 saturated carbocycles. The number of ether oxygens (including phenoxy) is 2. The zero-order valence-electron chi connectivity index (χ0n) is 12.0. The van der Waals surface area contributed by atoms with Gasteiger partial charge in [0.15, 0.2) is 9.84 Å². The Balaban J connectivity index is 2.07. The molecule has 0 amide bonds. The highest BCUT2D eigenvalue weighted by atomic mass is 32.2. The van der Waals surface area contributed by atoms with Crippen molar-refractivity contribution in [3.05, 3.63) is 24.3 Å². The van der Waals surface area contributed by atoms with Gasteiger partial charge in [-0.3, -0.25) is 0 Å². The molecule has 1 aromatic rings. The first kappa shape index (κ1) is 15.3. The second kappa shape index (κ2) is 6.11. The normalized spacial score (nSPS) is 26.1. The third-order valence-electron chi connectivity index (χ3n) is 3.50. The van der Waals surface area contributed by atoms with E-state index in [1.54, 1.807) is 24.3 Å². The van der Waals surface area contributed by atoms with Crippen molar-refractivity contribution in [3.8, 4) is 5.75 Å². The summed E-state index contributed by atoms with van der Waals surface area (Å²) in [7, 11) is -1.31. The highest BCUT2D eigenvalue weighted by Gasteiger charge is 2.42. The van der Waals surface area contributed by atoms with Gasteiger partial charge in [0.25, 0.3) is 0 Å². The van der Waals surface area contributed by atoms with Crippen molar-refractivity contribution >= 4 is 9.84 Å². The van der Waals surface area contributed by atoms with Crippen molar-refractivity contribution in [1.29, 1.82) is 0 Å². The van der Waals surface area contributed by atoms with Gasteiger partial charge in [0.1, 0.15) is 18.0 Å². The number of hydrogen-bond acceptors (Lipinski definition) is 5. The quantitative estimate of drug-likeness (QED) is 0.856. The van der Waals surface area contributed by atoms with Gasteiger partial charge >= 0.3 is 0 Å². The zero-order chi connectivity index (χ0) is 14.8. The Bertz CT molecular complexity index is 558. The van der Waals surface area contributed by atoms with Crippen LogP contribution in [0.15, 0.2) is 29.2 Å². The third-order valence-corrected chi connectivity index (χ3v) is 4.61. The van der Waals surface area contributed by atoms with Crippen molar-refractivity contribution in [2.45, 2.75) is 36.5 Å². The number of benzene rings is 1. The predicted molar refractivity (Wildman–Crippen MR) is 76.8 cm³/mol. The Labute approximate surface area is 120 Å². The lowest BCUT2D eigenvalue weighted by atomic mass is 9.85. The Morgan fingerprint density at radius 2 is 2.15 bits per heavy atom. The summed E-state index contributed by atoms with van der Waals surface area (Å²) in [5.74, 6) is 0.567. The minimum absolute atomic E-state index is 0.00638. The molecule has 1 N–H and O–H groups in total. The molecule has 112 valence electrons. The second-order valence-electron chi connectivity index (χ2n) is 4.95. The van der Waals surface area contributed by atoms with Crippen LogP contribution >= 0.6 is 0 Å². The summed E-state index contributed by atoms with van der Waals surface area (Å²) in [6.07, 6.45) is 2.01. The van der Waals surface area contributed by atoms with Crippen LogP contribution < -0.4 is 10.1 Å². The van der Waals surface area contributed by atoms with E-state index in [2.05, 4.69) is 5.32 Å². The summed E-state index contributed by atoms with van der Waals surface area (Å²) in [6.45, 7) is 2.58. The Morgan fingerprint density at radius 3 is 2.75 bits per heavy atom. The molecule has 0 aliphatic heterocycles. The standard InChI is InChI=1S/C14H21NO4S/c1-4-18-14-12(15-2)9-13(14)19-10-6-5-7-11(8-10)20(3,16)17/h5-8,12-15H,4,9H2,1-3H3. The Morgan fingerprint density at radius 1 is 1.40 bits per heavy atom. The van der Waals surface area contributed by atoms with Crippen molar-refractivity contribution in [3.63, 3.8) is 0 Å². The van der Waals surface area contributed by atoms with Crippen LogP contribution in [0.2, 0.25) is 0 Å². The van der Waals surface area contributed by atoms with Gasteiger partial charge in [-0.15, -0.1) is 0 Å². The van der Waals surface area contributed by atoms with E-state index in [0.717, 1.165) is 6.42 Å². The van der Waals surface area contributed by atoms with E-state index in [1.807, 2.05) is 14.0 Å². The fourth-order valence-electron chi connectivity index (χ4n) is 2.35. The molecule has 1 aliphatic carbocycles. The molecule has 1 fully saturated rings. The van der Waals surface area contributed by atoms with Gasteiger partial charge in [-0.05, 0) is 32.2 Å². The lowest BCUT2D eigenvalue weighted by Gasteiger charge is -2.43. The minimum atomic E-state index is -3.21. The predicted octanol–water partition coefficient (Wildman–Crippen LogP) is 1.23. The number of sulfone groups is 1. The molecule has 0 bridgehead atoms. The highest BCUT2D eigenvalue weighted by molar-refractivity contribution is 7.90. The lowest BCUT2D eigenvalue weighted by Crippen LogP contribution is -2.60. The lowest BCUT2D eigenvalue weighted by molar-refractivity contribution is -0.103. The molecule has 0 aromatic heterocycles. The fraction of sp³-hybridized carbons (Fsp3) is 0.571. The second-order valence-corrected chi connectivity index (χ2v) is 6.97. The first-order chi connectivity index (χ1) is 9.45. The molecular formula is C14H21NO4S. The van der Waals surface area contributed by atoms with Crippen LogP contribution in [-0.2, 0) is 14.6 Å². The molecule has 6 heteroatoms. The maximum atomic E-state index is 11.5. The van der Waals surface area contributed by atoms with E-state index >= 15 is 0 Å². The summed E-state index contributed by atoms with van der Waals surface area (Å²) in [5.41, 5.74) is 0. The van der Waals surface area contributed by atoms with E-state index in [-0.39, 0.29) is 23.1 Å². The highest BCUT2D eigenvalue weighted by Crippen LogP contribution is 2.29. The van der Waals surface area contributed by atoms with Crippen LogP contribution in [-0.4, -0.2) is 46.6 Å². The molecule has 0 spiro atoms. The number of hydrogen-bond donors (Lipinski definition) is 1. The van der Waals surface area contributed by atoms with Gasteiger partial charge < -0.3 is 14.8 Å². The average molecular weight is 299 g/mol. The SMILES string of the molecule is CCOC1C(NC)CC1Oc1cccc(S(C)(=O)=O)c1. The summed E-state index contributed by atoms with van der Waals surface area (Å²) in [4.78, 5) is 0.271. The van der Waals surface area contributed by atoms with E-state index < -0.39 is 9.84 Å². The van der Waals surface area contributed by atoms with Crippen LogP contribution in [0.25, 0.3) is 0 Å². The molecule has 3 atom stereocenters. The van der Waals surface area contributed by atoms with Gasteiger partial charge in [0.2, 0.25) is 0 Å². The molecule has 3 unspecified atom stereocenters. The summed E-state index contributed by atoms with van der Waals surface area (Å²) < 4.78 is 34.6. The molecule has 0 radical (unpaired) electrons. The van der Waals surface area contributed by atoms with Gasteiger partial charge in [-0.2, -0.15) is 0 Å². The molecule has 20 heavy (non-hydrogen) atoms. The maximum Gasteiger partial charge on any atom is 0.175 e. The third kappa shape index (κ3) is 3.31. The van der Waals surface area contributed by atoms with E-state index in [4.69, 9.17) is 9.47 Å². The summed E-state index contributed by atoms with van der Waals surface area (Å²) in [6, 6.07) is 6.88.